The molecule has 0 aromatic heterocycles. The number of hydrogen-bond acceptors (Lipinski definition) is 8. The van der Waals surface area contributed by atoms with Gasteiger partial charge < -0.3 is 37.6 Å². The molecule has 3 atom stereocenters. The summed E-state index contributed by atoms with van der Waals surface area (Å²) in [5.41, 5.74) is 14.5. The van der Waals surface area contributed by atoms with Crippen LogP contribution in [0.2, 0.25) is 0 Å². The Bertz CT molecular complexity index is 281. The first-order valence-corrected chi connectivity index (χ1v) is 5.81. The molecule has 0 bridgehead atoms. The number of carbonyl (C=O) groups is 3. The zero-order chi connectivity index (χ0) is 16.9. The number of aliphatic carboxylic acids is 3. The van der Waals surface area contributed by atoms with E-state index >= 15 is 0 Å². The van der Waals surface area contributed by atoms with Crippen LogP contribution in [0, 0.1) is 0 Å². The molecule has 0 amide bonds. The molecule has 0 heterocycles. The normalized spacial score (nSPS) is 13.5. The minimum Gasteiger partial charge on any atom is -0.480 e. The maximum Gasteiger partial charge on any atom is 0.322 e. The largest absolute Gasteiger partial charge is 0.480 e. The first kappa shape index (κ1) is 23.7. The second-order valence-corrected chi connectivity index (χ2v) is 3.75. The van der Waals surface area contributed by atoms with E-state index in [0.717, 1.165) is 0 Å². The maximum atomic E-state index is 9.76. The van der Waals surface area contributed by atoms with Crippen molar-refractivity contribution < 1.29 is 34.8 Å². The Labute approximate surface area is 121 Å². The second-order valence-electron chi connectivity index (χ2n) is 3.38. The molecule has 0 aliphatic heterocycles. The van der Waals surface area contributed by atoms with E-state index in [1.165, 1.54) is 6.92 Å². The van der Waals surface area contributed by atoms with Crippen molar-refractivity contribution in [1.29, 1.82) is 0 Å². The average Bonchev–Trinajstić information content (AvgIpc) is 2.37. The molecule has 120 valence electrons. The van der Waals surface area contributed by atoms with E-state index in [9.17, 15) is 14.4 Å². The summed E-state index contributed by atoms with van der Waals surface area (Å²) in [4.78, 5) is 29.0. The van der Waals surface area contributed by atoms with Gasteiger partial charge in [0.1, 0.15) is 18.1 Å². The lowest BCUT2D eigenvalue weighted by atomic mass is 10.3. The third-order valence-corrected chi connectivity index (χ3v) is 1.81. The molecule has 0 spiro atoms. The second kappa shape index (κ2) is 14.0. The number of carboxylic acids is 3. The summed E-state index contributed by atoms with van der Waals surface area (Å²) in [7, 11) is 0. The highest BCUT2D eigenvalue weighted by atomic mass is 32.1. The molecule has 0 radical (unpaired) electrons. The summed E-state index contributed by atoms with van der Waals surface area (Å²) < 4.78 is 0. The third-order valence-electron chi connectivity index (χ3n) is 1.42. The van der Waals surface area contributed by atoms with Crippen molar-refractivity contribution >= 4 is 30.5 Å². The lowest BCUT2D eigenvalue weighted by molar-refractivity contribution is -0.140. The highest BCUT2D eigenvalue weighted by molar-refractivity contribution is 7.80. The minimum absolute atomic E-state index is 0.190. The third kappa shape index (κ3) is 19.0. The molecule has 11 heteroatoms. The van der Waals surface area contributed by atoms with Crippen LogP contribution in [-0.2, 0) is 14.4 Å². The van der Waals surface area contributed by atoms with Crippen LogP contribution in [0.15, 0.2) is 0 Å². The Morgan fingerprint density at radius 2 is 1.25 bits per heavy atom. The summed E-state index contributed by atoms with van der Waals surface area (Å²) in [6.07, 6.45) is 0. The molecule has 0 aromatic carbocycles. The first-order valence-electron chi connectivity index (χ1n) is 5.18. The number of hydrogen-bond donors (Lipinski definition) is 8. The van der Waals surface area contributed by atoms with E-state index in [4.69, 9.17) is 37.6 Å². The van der Waals surface area contributed by atoms with Gasteiger partial charge in [0.25, 0.3) is 0 Å². The fraction of sp³-hybridized carbons (Fsp3) is 0.667. The number of carboxylic acid groups (broad SMARTS) is 3. The number of nitrogens with two attached hydrogens (primary N) is 3. The van der Waals surface area contributed by atoms with Gasteiger partial charge in [0.15, 0.2) is 0 Å². The van der Waals surface area contributed by atoms with Crippen molar-refractivity contribution in [2.75, 3.05) is 12.4 Å². The summed E-state index contributed by atoms with van der Waals surface area (Å²) in [5.74, 6) is -2.96. The fourth-order valence-electron chi connectivity index (χ4n) is 0.156. The minimum atomic E-state index is -1.18. The zero-order valence-electron chi connectivity index (χ0n) is 10.8. The quantitative estimate of drug-likeness (QED) is 0.243. The van der Waals surface area contributed by atoms with Gasteiger partial charge in [-0.15, -0.1) is 0 Å². The van der Waals surface area contributed by atoms with Gasteiger partial charge in [-0.3, -0.25) is 14.4 Å². The Morgan fingerprint density at radius 1 is 0.950 bits per heavy atom. The molecule has 10 N–H and O–H groups in total. The lowest BCUT2D eigenvalue weighted by Crippen LogP contribution is -2.33. The fourth-order valence-corrected chi connectivity index (χ4v) is 0.312. The van der Waals surface area contributed by atoms with Gasteiger partial charge in [-0.2, -0.15) is 12.6 Å². The van der Waals surface area contributed by atoms with Gasteiger partial charge in [-0.25, -0.2) is 0 Å². The molecular weight excluding hydrogens is 294 g/mol. The molecule has 0 aliphatic rings. The van der Waals surface area contributed by atoms with E-state index in [1.54, 1.807) is 0 Å². The van der Waals surface area contributed by atoms with Crippen LogP contribution >= 0.6 is 12.6 Å². The van der Waals surface area contributed by atoms with E-state index in [0.29, 0.717) is 0 Å². The number of aliphatic hydroxyl groups excluding tert-OH is 1. The monoisotopic (exact) mass is 315 g/mol. The molecule has 0 fully saturated rings. The van der Waals surface area contributed by atoms with Crippen molar-refractivity contribution in [3.05, 3.63) is 0 Å². The Morgan fingerprint density at radius 3 is 1.25 bits per heavy atom. The van der Waals surface area contributed by atoms with Crippen LogP contribution in [0.1, 0.15) is 6.92 Å². The standard InChI is InChI=1S/C3H7NO3.C3H7NO2S.C3H7NO2/c4-2(1-5)3(6)7;4-2(1-7)3(5)6;1-2(4)3(5)6/h2,5H,1,4H2,(H,6,7);2,7H,1,4H2,(H,5,6);2H,4H2,1H3,(H,5,6). The van der Waals surface area contributed by atoms with Crippen LogP contribution in [0.5, 0.6) is 0 Å². The predicted molar refractivity (Wildman–Crippen MR) is 73.4 cm³/mol. The first-order chi connectivity index (χ1) is 9.00. The topological polar surface area (TPSA) is 210 Å². The van der Waals surface area contributed by atoms with Crippen molar-refractivity contribution in [2.45, 2.75) is 25.0 Å². The van der Waals surface area contributed by atoms with Crippen LogP contribution < -0.4 is 17.2 Å². The van der Waals surface area contributed by atoms with Gasteiger partial charge >= 0.3 is 17.9 Å². The van der Waals surface area contributed by atoms with Gasteiger partial charge in [0, 0.05) is 5.75 Å². The summed E-state index contributed by atoms with van der Waals surface area (Å²) in [5, 5.41) is 31.8. The molecule has 0 aromatic rings. The number of thiol groups is 1. The molecular formula is C9H21N3O7S. The van der Waals surface area contributed by atoms with Crippen LogP contribution in [0.3, 0.4) is 0 Å². The van der Waals surface area contributed by atoms with E-state index in [1.807, 2.05) is 0 Å². The maximum absolute atomic E-state index is 9.76. The Hall–Kier alpha value is -1.40. The van der Waals surface area contributed by atoms with Crippen molar-refractivity contribution in [3.8, 4) is 0 Å². The SMILES string of the molecule is CC(N)C(=O)O.NC(CO)C(=O)O.NC(CS)C(=O)O. The molecule has 0 saturated heterocycles. The smallest absolute Gasteiger partial charge is 0.322 e. The molecule has 0 saturated carbocycles. The Kier molecular flexibility index (Phi) is 16.6. The average molecular weight is 315 g/mol. The summed E-state index contributed by atoms with van der Waals surface area (Å²) in [6.45, 7) is 0.914. The molecule has 0 rings (SSSR count). The lowest BCUT2D eigenvalue weighted by Gasteiger charge is -1.96. The van der Waals surface area contributed by atoms with Crippen molar-refractivity contribution in [2.24, 2.45) is 17.2 Å². The van der Waals surface area contributed by atoms with Gasteiger partial charge in [0.05, 0.1) is 6.61 Å². The van der Waals surface area contributed by atoms with Crippen LogP contribution in [0.4, 0.5) is 0 Å². The van der Waals surface area contributed by atoms with E-state index in [-0.39, 0.29) is 5.75 Å². The van der Waals surface area contributed by atoms with Crippen LogP contribution in [-0.4, -0.2) is 68.8 Å². The number of rotatable bonds is 5. The highest BCUT2D eigenvalue weighted by Crippen LogP contribution is 1.80. The van der Waals surface area contributed by atoms with E-state index in [2.05, 4.69) is 12.6 Å². The molecule has 10 nitrogen and oxygen atoms in total. The van der Waals surface area contributed by atoms with Crippen molar-refractivity contribution in [3.63, 3.8) is 0 Å². The highest BCUT2D eigenvalue weighted by Gasteiger charge is 2.07. The summed E-state index contributed by atoms with van der Waals surface area (Å²) >= 11 is 3.65. The Balaban J connectivity index is -0.000000218. The van der Waals surface area contributed by atoms with Crippen molar-refractivity contribution in [1.82, 2.24) is 0 Å². The zero-order valence-corrected chi connectivity index (χ0v) is 11.7. The molecule has 20 heavy (non-hydrogen) atoms. The van der Waals surface area contributed by atoms with Gasteiger partial charge in [-0.05, 0) is 6.92 Å². The summed E-state index contributed by atoms with van der Waals surface area (Å²) in [6, 6.07) is -2.67. The number of aliphatic hydroxyl groups is 1. The van der Waals surface area contributed by atoms with E-state index < -0.39 is 42.6 Å². The van der Waals surface area contributed by atoms with Crippen LogP contribution in [0.25, 0.3) is 0 Å². The van der Waals surface area contributed by atoms with Gasteiger partial charge in [0.2, 0.25) is 0 Å². The molecule has 3 unspecified atom stereocenters. The van der Waals surface area contributed by atoms with Gasteiger partial charge in [-0.1, -0.05) is 0 Å². The predicted octanol–water partition coefficient (Wildman–Crippen LogP) is -2.86. The molecule has 0 aliphatic carbocycles.